The number of benzene rings is 2. The normalized spacial score (nSPS) is 16.8. The molecule has 2 aliphatic heterocycles. The van der Waals surface area contributed by atoms with Gasteiger partial charge in [0, 0.05) is 42.9 Å². The van der Waals surface area contributed by atoms with Crippen LogP contribution in [0.5, 0.6) is 11.5 Å². The SMILES string of the molecule is O=C(Nc1ccc2c(c1)OCO2)C1CCN(S(=O)(=O)Cc2ccc([N+](=O)[O-])cc2)CC1. The van der Waals surface area contributed by atoms with Gasteiger partial charge in [-0.1, -0.05) is 12.1 Å². The zero-order valence-electron chi connectivity index (χ0n) is 16.5. The standard InChI is InChI=1S/C20H21N3O7S/c24-20(21-16-3-6-18-19(11-16)30-13-29-18)15-7-9-22(10-8-15)31(27,28)12-14-1-4-17(5-2-14)23(25)26/h1-6,11,15H,7-10,12-13H2,(H,21,24). The Morgan fingerprint density at radius 3 is 2.45 bits per heavy atom. The molecule has 164 valence electrons. The first-order valence-corrected chi connectivity index (χ1v) is 11.3. The minimum atomic E-state index is -3.58. The minimum absolute atomic E-state index is 0.0876. The van der Waals surface area contributed by atoms with Gasteiger partial charge in [0.1, 0.15) is 0 Å². The minimum Gasteiger partial charge on any atom is -0.454 e. The van der Waals surface area contributed by atoms with Crippen LogP contribution >= 0.6 is 0 Å². The molecule has 0 spiro atoms. The molecule has 31 heavy (non-hydrogen) atoms. The molecule has 2 aromatic rings. The Labute approximate surface area is 179 Å². The van der Waals surface area contributed by atoms with Crippen LogP contribution < -0.4 is 14.8 Å². The Balaban J connectivity index is 1.32. The largest absolute Gasteiger partial charge is 0.454 e. The number of carbonyl (C=O) groups is 1. The number of hydrogen-bond donors (Lipinski definition) is 1. The molecule has 2 aliphatic rings. The van der Waals surface area contributed by atoms with Gasteiger partial charge in [-0.25, -0.2) is 12.7 Å². The maximum absolute atomic E-state index is 12.7. The highest BCUT2D eigenvalue weighted by molar-refractivity contribution is 7.88. The number of carbonyl (C=O) groups excluding carboxylic acids is 1. The van der Waals surface area contributed by atoms with E-state index in [4.69, 9.17) is 9.47 Å². The van der Waals surface area contributed by atoms with E-state index in [9.17, 15) is 23.3 Å². The van der Waals surface area contributed by atoms with Crippen LogP contribution in [0, 0.1) is 16.0 Å². The third-order valence-corrected chi connectivity index (χ3v) is 7.20. The second kappa shape index (κ2) is 8.52. The molecule has 2 aromatic carbocycles. The molecule has 1 fully saturated rings. The van der Waals surface area contributed by atoms with E-state index in [1.807, 2.05) is 0 Å². The maximum atomic E-state index is 12.7. The Morgan fingerprint density at radius 2 is 1.77 bits per heavy atom. The van der Waals surface area contributed by atoms with Crippen LogP contribution in [0.4, 0.5) is 11.4 Å². The lowest BCUT2D eigenvalue weighted by Crippen LogP contribution is -2.41. The molecule has 1 N–H and O–H groups in total. The number of amides is 1. The van der Waals surface area contributed by atoms with Crippen molar-refractivity contribution in [3.05, 3.63) is 58.1 Å². The molecule has 4 rings (SSSR count). The summed E-state index contributed by atoms with van der Waals surface area (Å²) in [4.78, 5) is 22.8. The smallest absolute Gasteiger partial charge is 0.269 e. The molecule has 2 heterocycles. The summed E-state index contributed by atoms with van der Waals surface area (Å²) in [5, 5.41) is 13.6. The van der Waals surface area contributed by atoms with Crippen LogP contribution in [0.2, 0.25) is 0 Å². The van der Waals surface area contributed by atoms with Crippen molar-refractivity contribution in [1.29, 1.82) is 0 Å². The van der Waals surface area contributed by atoms with Gasteiger partial charge in [-0.2, -0.15) is 0 Å². The number of nitro groups is 1. The van der Waals surface area contributed by atoms with Crippen molar-refractivity contribution in [2.24, 2.45) is 5.92 Å². The summed E-state index contributed by atoms with van der Waals surface area (Å²) in [7, 11) is -3.58. The number of hydrogen-bond acceptors (Lipinski definition) is 7. The number of sulfonamides is 1. The van der Waals surface area contributed by atoms with Crippen molar-refractivity contribution in [2.75, 3.05) is 25.2 Å². The highest BCUT2D eigenvalue weighted by Gasteiger charge is 2.31. The van der Waals surface area contributed by atoms with E-state index in [-0.39, 0.29) is 43.1 Å². The van der Waals surface area contributed by atoms with Gasteiger partial charge >= 0.3 is 0 Å². The molecule has 1 amide bonds. The van der Waals surface area contributed by atoms with Crippen LogP contribution in [0.1, 0.15) is 18.4 Å². The number of non-ortho nitro benzene ring substituents is 1. The first kappa shape index (κ1) is 21.1. The molecule has 10 nitrogen and oxygen atoms in total. The predicted octanol–water partition coefficient (Wildman–Crippen LogP) is 2.50. The summed E-state index contributed by atoms with van der Waals surface area (Å²) >= 11 is 0. The monoisotopic (exact) mass is 447 g/mol. The van der Waals surface area contributed by atoms with Gasteiger partial charge in [0.15, 0.2) is 11.5 Å². The molecule has 0 unspecified atom stereocenters. The fourth-order valence-corrected chi connectivity index (χ4v) is 5.19. The topological polar surface area (TPSA) is 128 Å². The van der Waals surface area contributed by atoms with E-state index >= 15 is 0 Å². The van der Waals surface area contributed by atoms with Gasteiger partial charge in [-0.15, -0.1) is 0 Å². The fraction of sp³-hybridized carbons (Fsp3) is 0.350. The second-order valence-electron chi connectivity index (χ2n) is 7.41. The summed E-state index contributed by atoms with van der Waals surface area (Å²) in [6.45, 7) is 0.641. The first-order valence-electron chi connectivity index (χ1n) is 9.73. The number of fused-ring (bicyclic) bond motifs is 1. The average Bonchev–Trinajstić information content (AvgIpc) is 3.22. The maximum Gasteiger partial charge on any atom is 0.269 e. The van der Waals surface area contributed by atoms with Gasteiger partial charge in [-0.3, -0.25) is 14.9 Å². The summed E-state index contributed by atoms with van der Waals surface area (Å²) in [5.41, 5.74) is 0.992. The average molecular weight is 447 g/mol. The lowest BCUT2D eigenvalue weighted by Gasteiger charge is -2.30. The second-order valence-corrected chi connectivity index (χ2v) is 9.38. The summed E-state index contributed by atoms with van der Waals surface area (Å²) < 4.78 is 37.4. The van der Waals surface area contributed by atoms with Gasteiger partial charge in [0.05, 0.1) is 10.7 Å². The van der Waals surface area contributed by atoms with Crippen LogP contribution in [0.3, 0.4) is 0 Å². The number of rotatable bonds is 6. The van der Waals surface area contributed by atoms with Crippen LogP contribution in [-0.4, -0.2) is 43.4 Å². The number of nitro benzene ring substituents is 1. The molecular formula is C20H21N3O7S. The lowest BCUT2D eigenvalue weighted by atomic mass is 9.97. The zero-order chi connectivity index (χ0) is 22.0. The highest BCUT2D eigenvalue weighted by atomic mass is 32.2. The summed E-state index contributed by atoms with van der Waals surface area (Å²) in [6, 6.07) is 10.6. The number of ether oxygens (including phenoxy) is 2. The molecule has 1 saturated heterocycles. The van der Waals surface area contributed by atoms with Crippen molar-refractivity contribution in [1.82, 2.24) is 4.31 Å². The fourth-order valence-electron chi connectivity index (χ4n) is 3.63. The molecule has 11 heteroatoms. The summed E-state index contributed by atoms with van der Waals surface area (Å²) in [6.07, 6.45) is 0.825. The Kier molecular flexibility index (Phi) is 5.79. The molecule has 0 aromatic heterocycles. The van der Waals surface area contributed by atoms with Gasteiger partial charge in [-0.05, 0) is 30.5 Å². The van der Waals surface area contributed by atoms with Crippen molar-refractivity contribution in [3.8, 4) is 11.5 Å². The van der Waals surface area contributed by atoms with Crippen molar-refractivity contribution < 1.29 is 27.6 Å². The van der Waals surface area contributed by atoms with Crippen LogP contribution in [0.15, 0.2) is 42.5 Å². The van der Waals surface area contributed by atoms with Crippen molar-refractivity contribution in [2.45, 2.75) is 18.6 Å². The number of nitrogens with zero attached hydrogens (tertiary/aromatic N) is 2. The molecular weight excluding hydrogens is 426 g/mol. The van der Waals surface area contributed by atoms with E-state index in [2.05, 4.69) is 5.32 Å². The predicted molar refractivity (Wildman–Crippen MR) is 111 cm³/mol. The third kappa shape index (κ3) is 4.78. The Hall–Kier alpha value is -3.18. The number of nitrogens with one attached hydrogen (secondary N) is 1. The highest BCUT2D eigenvalue weighted by Crippen LogP contribution is 2.34. The lowest BCUT2D eigenvalue weighted by molar-refractivity contribution is -0.384. The van der Waals surface area contributed by atoms with Gasteiger partial charge < -0.3 is 14.8 Å². The molecule has 0 atom stereocenters. The van der Waals surface area contributed by atoms with E-state index in [1.54, 1.807) is 18.2 Å². The number of piperidine rings is 1. The Morgan fingerprint density at radius 1 is 1.10 bits per heavy atom. The zero-order valence-corrected chi connectivity index (χ0v) is 17.3. The number of anilines is 1. The molecule has 0 radical (unpaired) electrons. The van der Waals surface area contributed by atoms with Crippen LogP contribution in [0.25, 0.3) is 0 Å². The van der Waals surface area contributed by atoms with E-state index in [0.717, 1.165) is 0 Å². The Bertz CT molecular complexity index is 1090. The first-order chi connectivity index (χ1) is 14.8. The quantitative estimate of drug-likeness (QED) is 0.532. The van der Waals surface area contributed by atoms with E-state index < -0.39 is 14.9 Å². The van der Waals surface area contributed by atoms with Gasteiger partial charge in [0.2, 0.25) is 22.7 Å². The van der Waals surface area contributed by atoms with Gasteiger partial charge in [0.25, 0.3) is 5.69 Å². The molecule has 0 saturated carbocycles. The third-order valence-electron chi connectivity index (χ3n) is 5.35. The molecule has 0 bridgehead atoms. The van der Waals surface area contributed by atoms with Crippen LogP contribution in [-0.2, 0) is 20.6 Å². The van der Waals surface area contributed by atoms with E-state index in [1.165, 1.54) is 28.6 Å². The van der Waals surface area contributed by atoms with E-state index in [0.29, 0.717) is 35.6 Å². The van der Waals surface area contributed by atoms with Crippen molar-refractivity contribution in [3.63, 3.8) is 0 Å². The molecule has 0 aliphatic carbocycles. The summed E-state index contributed by atoms with van der Waals surface area (Å²) in [5.74, 6) is 0.510. The van der Waals surface area contributed by atoms with Crippen molar-refractivity contribution >= 4 is 27.3 Å².